The quantitative estimate of drug-likeness (QED) is 0.620. The number of sulfonamides is 1. The predicted octanol–water partition coefficient (Wildman–Crippen LogP) is 0.643. The van der Waals surface area contributed by atoms with Gasteiger partial charge in [-0.05, 0) is 12.8 Å². The van der Waals surface area contributed by atoms with E-state index >= 15 is 0 Å². The Balaban J connectivity index is 4.67. The van der Waals surface area contributed by atoms with Crippen LogP contribution in [-0.4, -0.2) is 31.4 Å². The molecule has 0 aromatic heterocycles. The number of aliphatic hydroxyl groups excluding tert-OH is 1. The number of hydrogen-bond donors (Lipinski definition) is 2. The zero-order valence-corrected chi connectivity index (χ0v) is 9.60. The van der Waals surface area contributed by atoms with Crippen LogP contribution in [0.3, 0.4) is 0 Å². The molecule has 4 nitrogen and oxygen atoms in total. The SMILES string of the molecule is C=CCS(=O)(=O)NC(CC)(CC)CO. The Labute approximate surface area is 86.1 Å². The van der Waals surface area contributed by atoms with Gasteiger partial charge in [-0.3, -0.25) is 0 Å². The molecule has 84 valence electrons. The van der Waals surface area contributed by atoms with Crippen molar-refractivity contribution in [3.8, 4) is 0 Å². The lowest BCUT2D eigenvalue weighted by Gasteiger charge is -2.29. The van der Waals surface area contributed by atoms with Gasteiger partial charge >= 0.3 is 0 Å². The summed E-state index contributed by atoms with van der Waals surface area (Å²) in [5.74, 6) is -0.116. The van der Waals surface area contributed by atoms with E-state index in [1.54, 1.807) is 0 Å². The fourth-order valence-electron chi connectivity index (χ4n) is 1.18. The third-order valence-corrected chi connectivity index (χ3v) is 3.78. The highest BCUT2D eigenvalue weighted by molar-refractivity contribution is 7.89. The van der Waals surface area contributed by atoms with E-state index in [9.17, 15) is 8.42 Å². The van der Waals surface area contributed by atoms with Gasteiger partial charge in [-0.2, -0.15) is 0 Å². The lowest BCUT2D eigenvalue weighted by Crippen LogP contribution is -2.50. The third kappa shape index (κ3) is 3.77. The van der Waals surface area contributed by atoms with E-state index in [0.29, 0.717) is 12.8 Å². The highest BCUT2D eigenvalue weighted by atomic mass is 32.2. The van der Waals surface area contributed by atoms with Crippen LogP contribution in [0.25, 0.3) is 0 Å². The van der Waals surface area contributed by atoms with Crippen LogP contribution in [0.15, 0.2) is 12.7 Å². The van der Waals surface area contributed by atoms with Gasteiger partial charge in [-0.15, -0.1) is 6.58 Å². The Kier molecular flexibility index (Phi) is 5.33. The van der Waals surface area contributed by atoms with E-state index in [0.717, 1.165) is 0 Å². The van der Waals surface area contributed by atoms with E-state index in [1.165, 1.54) is 6.08 Å². The molecule has 0 saturated heterocycles. The average molecular weight is 221 g/mol. The average Bonchev–Trinajstić information content (AvgIpc) is 2.14. The molecule has 0 aliphatic rings. The van der Waals surface area contributed by atoms with Gasteiger partial charge in [0.25, 0.3) is 0 Å². The van der Waals surface area contributed by atoms with Gasteiger partial charge in [0, 0.05) is 0 Å². The number of hydrogen-bond acceptors (Lipinski definition) is 3. The van der Waals surface area contributed by atoms with E-state index in [2.05, 4.69) is 11.3 Å². The van der Waals surface area contributed by atoms with Gasteiger partial charge in [0.1, 0.15) is 0 Å². The van der Waals surface area contributed by atoms with Gasteiger partial charge in [0.15, 0.2) is 0 Å². The molecule has 0 heterocycles. The highest BCUT2D eigenvalue weighted by Gasteiger charge is 2.29. The van der Waals surface area contributed by atoms with Crippen LogP contribution in [0.4, 0.5) is 0 Å². The molecule has 0 radical (unpaired) electrons. The summed E-state index contributed by atoms with van der Waals surface area (Å²) in [4.78, 5) is 0. The van der Waals surface area contributed by atoms with Crippen molar-refractivity contribution < 1.29 is 13.5 Å². The van der Waals surface area contributed by atoms with Crippen molar-refractivity contribution in [2.75, 3.05) is 12.4 Å². The maximum Gasteiger partial charge on any atom is 0.215 e. The molecule has 0 atom stereocenters. The minimum atomic E-state index is -3.35. The summed E-state index contributed by atoms with van der Waals surface area (Å²) in [7, 11) is -3.35. The molecule has 5 heteroatoms. The number of nitrogens with one attached hydrogen (secondary N) is 1. The molecular weight excluding hydrogens is 202 g/mol. The summed E-state index contributed by atoms with van der Waals surface area (Å²) in [6.45, 7) is 6.87. The molecule has 0 saturated carbocycles. The van der Waals surface area contributed by atoms with Crippen molar-refractivity contribution in [2.45, 2.75) is 32.2 Å². The summed E-state index contributed by atoms with van der Waals surface area (Å²) in [6.07, 6.45) is 2.46. The minimum absolute atomic E-state index is 0.116. The van der Waals surface area contributed by atoms with Gasteiger partial charge in [0.05, 0.1) is 17.9 Å². The maximum atomic E-state index is 11.4. The Morgan fingerprint density at radius 1 is 1.43 bits per heavy atom. The van der Waals surface area contributed by atoms with Crippen molar-refractivity contribution in [1.82, 2.24) is 4.72 Å². The summed E-state index contributed by atoms with van der Waals surface area (Å²) in [5.41, 5.74) is -0.720. The lowest BCUT2D eigenvalue weighted by atomic mass is 9.96. The standard InChI is InChI=1S/C9H19NO3S/c1-4-7-14(12,13)10-9(5-2,6-3)8-11/h4,10-11H,1,5-8H2,2-3H3. The summed E-state index contributed by atoms with van der Waals surface area (Å²) in [6, 6.07) is 0. The zero-order chi connectivity index (χ0) is 11.2. The minimum Gasteiger partial charge on any atom is -0.394 e. The predicted molar refractivity (Wildman–Crippen MR) is 57.5 cm³/mol. The van der Waals surface area contributed by atoms with Crippen LogP contribution < -0.4 is 4.72 Å². The molecule has 0 rings (SSSR count). The Bertz CT molecular complexity index is 260. The van der Waals surface area contributed by atoms with Crippen LogP contribution in [0.2, 0.25) is 0 Å². The van der Waals surface area contributed by atoms with Crippen molar-refractivity contribution in [3.05, 3.63) is 12.7 Å². The van der Waals surface area contributed by atoms with Crippen LogP contribution in [0, 0.1) is 0 Å². The van der Waals surface area contributed by atoms with Crippen molar-refractivity contribution in [3.63, 3.8) is 0 Å². The molecule has 0 unspecified atom stereocenters. The Hall–Kier alpha value is -0.390. The van der Waals surface area contributed by atoms with Crippen molar-refractivity contribution in [2.24, 2.45) is 0 Å². The fourth-order valence-corrected chi connectivity index (χ4v) is 2.58. The van der Waals surface area contributed by atoms with Crippen molar-refractivity contribution >= 4 is 10.0 Å². The first-order chi connectivity index (χ1) is 6.45. The fraction of sp³-hybridized carbons (Fsp3) is 0.778. The number of rotatable bonds is 7. The second-order valence-corrected chi connectivity index (χ2v) is 5.08. The first-order valence-corrected chi connectivity index (χ1v) is 6.34. The van der Waals surface area contributed by atoms with E-state index in [4.69, 9.17) is 5.11 Å². The van der Waals surface area contributed by atoms with E-state index < -0.39 is 15.6 Å². The molecule has 0 amide bonds. The van der Waals surface area contributed by atoms with E-state index in [-0.39, 0.29) is 12.4 Å². The Morgan fingerprint density at radius 2 is 1.93 bits per heavy atom. The van der Waals surface area contributed by atoms with Gasteiger partial charge in [0.2, 0.25) is 10.0 Å². The Morgan fingerprint density at radius 3 is 2.21 bits per heavy atom. The van der Waals surface area contributed by atoms with Crippen LogP contribution in [0.5, 0.6) is 0 Å². The molecule has 2 N–H and O–H groups in total. The molecule has 0 aliphatic heterocycles. The lowest BCUT2D eigenvalue weighted by molar-refractivity contribution is 0.172. The second-order valence-electron chi connectivity index (χ2n) is 3.32. The molecule has 0 aromatic carbocycles. The van der Waals surface area contributed by atoms with Gasteiger partial charge < -0.3 is 5.11 Å². The molecular formula is C9H19NO3S. The molecule has 0 aromatic rings. The largest absolute Gasteiger partial charge is 0.394 e. The van der Waals surface area contributed by atoms with Crippen LogP contribution in [0.1, 0.15) is 26.7 Å². The van der Waals surface area contributed by atoms with Gasteiger partial charge in [-0.1, -0.05) is 19.9 Å². The summed E-state index contributed by atoms with van der Waals surface area (Å²) < 4.78 is 25.4. The molecule has 0 aliphatic carbocycles. The van der Waals surface area contributed by atoms with Gasteiger partial charge in [-0.25, -0.2) is 13.1 Å². The molecule has 0 spiro atoms. The second kappa shape index (κ2) is 5.48. The van der Waals surface area contributed by atoms with Crippen LogP contribution in [-0.2, 0) is 10.0 Å². The topological polar surface area (TPSA) is 66.4 Å². The summed E-state index contributed by atoms with van der Waals surface area (Å²) >= 11 is 0. The zero-order valence-electron chi connectivity index (χ0n) is 8.78. The monoisotopic (exact) mass is 221 g/mol. The molecule has 14 heavy (non-hydrogen) atoms. The summed E-state index contributed by atoms with van der Waals surface area (Å²) in [5, 5.41) is 9.16. The first kappa shape index (κ1) is 13.6. The molecule has 0 fully saturated rings. The molecule has 0 bridgehead atoms. The van der Waals surface area contributed by atoms with Crippen molar-refractivity contribution in [1.29, 1.82) is 0 Å². The van der Waals surface area contributed by atoms with E-state index in [1.807, 2.05) is 13.8 Å². The number of aliphatic hydroxyl groups is 1. The smallest absolute Gasteiger partial charge is 0.215 e. The van der Waals surface area contributed by atoms with Crippen LogP contribution >= 0.6 is 0 Å². The first-order valence-electron chi connectivity index (χ1n) is 4.68. The third-order valence-electron chi connectivity index (χ3n) is 2.37. The normalized spacial score (nSPS) is 12.8. The maximum absolute atomic E-state index is 11.4. The highest BCUT2D eigenvalue weighted by Crippen LogP contribution is 2.15.